The van der Waals surface area contributed by atoms with Gasteiger partial charge in [0.25, 0.3) is 0 Å². The van der Waals surface area contributed by atoms with E-state index in [4.69, 9.17) is 5.73 Å². The Morgan fingerprint density at radius 1 is 1.50 bits per heavy atom. The fraction of sp³-hybridized carbons (Fsp3) is 0.462. The van der Waals surface area contributed by atoms with Gasteiger partial charge < -0.3 is 11.1 Å². The first-order valence-corrected chi connectivity index (χ1v) is 6.88. The van der Waals surface area contributed by atoms with Crippen molar-refractivity contribution in [1.82, 2.24) is 5.32 Å². The molecule has 18 heavy (non-hydrogen) atoms. The second kappa shape index (κ2) is 7.38. The molecule has 5 heteroatoms. The second-order valence-corrected chi connectivity index (χ2v) is 5.49. The maximum Gasteiger partial charge on any atom is 0.227 e. The van der Waals surface area contributed by atoms with Crippen molar-refractivity contribution in [3.8, 4) is 0 Å². The van der Waals surface area contributed by atoms with Crippen LogP contribution in [0.25, 0.3) is 0 Å². The number of benzene rings is 1. The van der Waals surface area contributed by atoms with Gasteiger partial charge in [0.1, 0.15) is 5.82 Å². The molecule has 100 valence electrons. The molecule has 0 saturated heterocycles. The molecule has 0 saturated carbocycles. The van der Waals surface area contributed by atoms with E-state index >= 15 is 0 Å². The number of amides is 1. The van der Waals surface area contributed by atoms with Crippen molar-refractivity contribution in [2.45, 2.75) is 25.3 Å². The summed E-state index contributed by atoms with van der Waals surface area (Å²) >= 11 is 1.15. The minimum atomic E-state index is -0.440. The molecule has 0 aliphatic rings. The molecule has 0 atom stereocenters. The van der Waals surface area contributed by atoms with Crippen molar-refractivity contribution in [2.75, 3.05) is 12.3 Å². The third-order valence-corrected chi connectivity index (χ3v) is 3.45. The summed E-state index contributed by atoms with van der Waals surface area (Å²) in [5.41, 5.74) is 5.95. The van der Waals surface area contributed by atoms with E-state index in [-0.39, 0.29) is 11.6 Å². The quantitative estimate of drug-likeness (QED) is 0.746. The molecule has 3 nitrogen and oxygen atoms in total. The zero-order valence-electron chi connectivity index (χ0n) is 10.7. The molecule has 0 aromatic heterocycles. The van der Waals surface area contributed by atoms with Crippen molar-refractivity contribution in [3.05, 3.63) is 29.6 Å². The molecule has 0 fully saturated rings. The van der Waals surface area contributed by atoms with Crippen molar-refractivity contribution in [3.63, 3.8) is 0 Å². The van der Waals surface area contributed by atoms with Gasteiger partial charge in [-0.2, -0.15) is 0 Å². The Labute approximate surface area is 111 Å². The highest BCUT2D eigenvalue weighted by Gasteiger charge is 2.10. The van der Waals surface area contributed by atoms with Crippen LogP contribution in [0, 0.1) is 11.7 Å². The van der Waals surface area contributed by atoms with Gasteiger partial charge in [-0.3, -0.25) is 4.79 Å². The van der Waals surface area contributed by atoms with E-state index in [9.17, 15) is 9.18 Å². The molecule has 0 aliphatic carbocycles. The van der Waals surface area contributed by atoms with Gasteiger partial charge in [0.05, 0.1) is 5.75 Å². The zero-order chi connectivity index (χ0) is 13.5. The molecule has 1 amide bonds. The molecule has 0 spiro atoms. The number of halogens is 1. The summed E-state index contributed by atoms with van der Waals surface area (Å²) in [4.78, 5) is 11.3. The van der Waals surface area contributed by atoms with Crippen LogP contribution in [0.2, 0.25) is 0 Å². The molecule has 0 bridgehead atoms. The van der Waals surface area contributed by atoms with E-state index in [2.05, 4.69) is 19.2 Å². The molecule has 1 aromatic carbocycles. The SMILES string of the molecule is CC(C)CNCc1cccc(F)c1SCC(N)=O. The lowest BCUT2D eigenvalue weighted by Crippen LogP contribution is -2.20. The Morgan fingerprint density at radius 3 is 2.83 bits per heavy atom. The maximum absolute atomic E-state index is 13.7. The Balaban J connectivity index is 2.70. The van der Waals surface area contributed by atoms with Gasteiger partial charge in [-0.05, 0) is 24.1 Å². The first kappa shape index (κ1) is 15.0. The van der Waals surface area contributed by atoms with Crippen LogP contribution >= 0.6 is 11.8 Å². The van der Waals surface area contributed by atoms with Crippen molar-refractivity contribution in [2.24, 2.45) is 11.7 Å². The summed E-state index contributed by atoms with van der Waals surface area (Å²) < 4.78 is 13.7. The van der Waals surface area contributed by atoms with Crippen LogP contribution in [0.3, 0.4) is 0 Å². The van der Waals surface area contributed by atoms with Gasteiger partial charge >= 0.3 is 0 Å². The number of nitrogens with two attached hydrogens (primary N) is 1. The average molecular weight is 270 g/mol. The molecule has 0 heterocycles. The molecule has 0 radical (unpaired) electrons. The lowest BCUT2D eigenvalue weighted by atomic mass is 10.2. The molecule has 1 aromatic rings. The number of nitrogens with one attached hydrogen (secondary N) is 1. The van der Waals surface area contributed by atoms with Crippen LogP contribution < -0.4 is 11.1 Å². The Morgan fingerprint density at radius 2 is 2.22 bits per heavy atom. The standard InChI is InChI=1S/C13H19FN2OS/c1-9(2)6-16-7-10-4-3-5-11(14)13(10)18-8-12(15)17/h3-5,9,16H,6-8H2,1-2H3,(H2,15,17). The van der Waals surface area contributed by atoms with Crippen LogP contribution in [-0.2, 0) is 11.3 Å². The summed E-state index contributed by atoms with van der Waals surface area (Å²) in [6, 6.07) is 4.94. The molecular formula is C13H19FN2OS. The predicted octanol–water partition coefficient (Wildman–Crippen LogP) is 2.15. The molecule has 3 N–H and O–H groups in total. The number of carbonyl (C=O) groups is 1. The highest BCUT2D eigenvalue weighted by atomic mass is 32.2. The third kappa shape index (κ3) is 5.06. The molecule has 0 unspecified atom stereocenters. The van der Waals surface area contributed by atoms with E-state index in [0.29, 0.717) is 17.4 Å². The topological polar surface area (TPSA) is 55.1 Å². The highest BCUT2D eigenvalue weighted by molar-refractivity contribution is 8.00. The fourth-order valence-corrected chi connectivity index (χ4v) is 2.31. The Kier molecular flexibility index (Phi) is 6.15. The molecule has 1 rings (SSSR count). The van der Waals surface area contributed by atoms with Crippen molar-refractivity contribution in [1.29, 1.82) is 0 Å². The smallest absolute Gasteiger partial charge is 0.227 e. The van der Waals surface area contributed by atoms with E-state index in [1.165, 1.54) is 6.07 Å². The largest absolute Gasteiger partial charge is 0.369 e. The monoisotopic (exact) mass is 270 g/mol. The third-order valence-electron chi connectivity index (χ3n) is 2.28. The van der Waals surface area contributed by atoms with Crippen LogP contribution in [0.5, 0.6) is 0 Å². The van der Waals surface area contributed by atoms with Crippen LogP contribution in [-0.4, -0.2) is 18.2 Å². The summed E-state index contributed by atoms with van der Waals surface area (Å²) in [6.45, 7) is 5.69. The van der Waals surface area contributed by atoms with E-state index in [0.717, 1.165) is 23.9 Å². The Bertz CT molecular complexity index is 410. The van der Waals surface area contributed by atoms with Crippen LogP contribution in [0.4, 0.5) is 4.39 Å². The first-order valence-electron chi connectivity index (χ1n) is 5.90. The normalized spacial score (nSPS) is 10.9. The summed E-state index contributed by atoms with van der Waals surface area (Å²) in [7, 11) is 0. The maximum atomic E-state index is 13.7. The second-order valence-electron chi connectivity index (χ2n) is 4.51. The minimum Gasteiger partial charge on any atom is -0.369 e. The average Bonchev–Trinajstić information content (AvgIpc) is 2.27. The van der Waals surface area contributed by atoms with Gasteiger partial charge in [0.15, 0.2) is 0 Å². The lowest BCUT2D eigenvalue weighted by Gasteiger charge is -2.12. The van der Waals surface area contributed by atoms with E-state index in [1.54, 1.807) is 6.07 Å². The number of thioether (sulfide) groups is 1. The van der Waals surface area contributed by atoms with Gasteiger partial charge in [-0.1, -0.05) is 26.0 Å². The molecule has 0 aliphatic heterocycles. The van der Waals surface area contributed by atoms with E-state index < -0.39 is 5.91 Å². The number of hydrogen-bond donors (Lipinski definition) is 2. The zero-order valence-corrected chi connectivity index (χ0v) is 11.5. The fourth-order valence-electron chi connectivity index (χ4n) is 1.49. The summed E-state index contributed by atoms with van der Waals surface area (Å²) in [6.07, 6.45) is 0. The molecular weight excluding hydrogens is 251 g/mol. The predicted molar refractivity (Wildman–Crippen MR) is 72.9 cm³/mol. The number of rotatable bonds is 7. The summed E-state index contributed by atoms with van der Waals surface area (Å²) in [5, 5.41) is 3.26. The number of primary amides is 1. The van der Waals surface area contributed by atoms with E-state index in [1.807, 2.05) is 6.07 Å². The minimum absolute atomic E-state index is 0.0954. The van der Waals surface area contributed by atoms with Crippen molar-refractivity contribution >= 4 is 17.7 Å². The van der Waals surface area contributed by atoms with Gasteiger partial charge in [0, 0.05) is 11.4 Å². The number of carbonyl (C=O) groups excluding carboxylic acids is 1. The Hall–Kier alpha value is -1.07. The summed E-state index contributed by atoms with van der Waals surface area (Å²) in [5.74, 6) is -0.104. The van der Waals surface area contributed by atoms with Crippen LogP contribution in [0.15, 0.2) is 23.1 Å². The number of hydrogen-bond acceptors (Lipinski definition) is 3. The van der Waals surface area contributed by atoms with Crippen molar-refractivity contribution < 1.29 is 9.18 Å². The highest BCUT2D eigenvalue weighted by Crippen LogP contribution is 2.25. The van der Waals surface area contributed by atoms with Crippen LogP contribution in [0.1, 0.15) is 19.4 Å². The van der Waals surface area contributed by atoms with Gasteiger partial charge in [-0.25, -0.2) is 4.39 Å². The first-order chi connectivity index (χ1) is 8.50. The lowest BCUT2D eigenvalue weighted by molar-refractivity contribution is -0.115. The van der Waals surface area contributed by atoms with Gasteiger partial charge in [-0.15, -0.1) is 11.8 Å². The van der Waals surface area contributed by atoms with Gasteiger partial charge in [0.2, 0.25) is 5.91 Å².